The van der Waals surface area contributed by atoms with Gasteiger partial charge in [0.15, 0.2) is 12.4 Å². The van der Waals surface area contributed by atoms with Gasteiger partial charge >= 0.3 is 0 Å². The summed E-state index contributed by atoms with van der Waals surface area (Å²) in [5.41, 5.74) is 0.787. The van der Waals surface area contributed by atoms with Crippen molar-refractivity contribution in [3.8, 4) is 11.5 Å². The molecular formula is C17H21N3O5. The van der Waals surface area contributed by atoms with Crippen molar-refractivity contribution in [1.29, 1.82) is 0 Å². The van der Waals surface area contributed by atoms with Crippen molar-refractivity contribution in [2.45, 2.75) is 18.8 Å². The van der Waals surface area contributed by atoms with Crippen LogP contribution in [0.3, 0.4) is 0 Å². The fraction of sp³-hybridized carbons (Fsp3) is 0.412. The average molecular weight is 347 g/mol. The van der Waals surface area contributed by atoms with Crippen LogP contribution >= 0.6 is 0 Å². The molecule has 2 heterocycles. The number of aliphatic hydroxyl groups excluding tert-OH is 1. The Morgan fingerprint density at radius 3 is 2.84 bits per heavy atom. The van der Waals surface area contributed by atoms with Crippen molar-refractivity contribution in [2.24, 2.45) is 7.05 Å². The highest BCUT2D eigenvalue weighted by Gasteiger charge is 2.31. The predicted octanol–water partition coefficient (Wildman–Crippen LogP) is 0.254. The minimum absolute atomic E-state index is 0.0270. The van der Waals surface area contributed by atoms with E-state index in [1.165, 1.54) is 0 Å². The fourth-order valence-corrected chi connectivity index (χ4v) is 2.51. The Balaban J connectivity index is 1.47. The summed E-state index contributed by atoms with van der Waals surface area (Å²) in [6, 6.07) is 6.68. The van der Waals surface area contributed by atoms with Crippen LogP contribution in [-0.4, -0.2) is 52.8 Å². The van der Waals surface area contributed by atoms with Crippen LogP contribution in [0.15, 0.2) is 36.7 Å². The van der Waals surface area contributed by atoms with Crippen molar-refractivity contribution < 1.29 is 24.1 Å². The molecule has 0 saturated carbocycles. The van der Waals surface area contributed by atoms with Crippen LogP contribution in [0.1, 0.15) is 5.56 Å². The highest BCUT2D eigenvalue weighted by atomic mass is 16.5. The smallest absolute Gasteiger partial charge is 0.258 e. The lowest BCUT2D eigenvalue weighted by Crippen LogP contribution is -2.46. The Bertz CT molecular complexity index is 701. The Morgan fingerprint density at radius 1 is 1.36 bits per heavy atom. The van der Waals surface area contributed by atoms with Gasteiger partial charge in [-0.05, 0) is 17.7 Å². The van der Waals surface area contributed by atoms with E-state index in [4.69, 9.17) is 19.3 Å². The molecular weight excluding hydrogens is 326 g/mol. The molecule has 8 nitrogen and oxygen atoms in total. The number of amides is 1. The van der Waals surface area contributed by atoms with Gasteiger partial charge in [-0.15, -0.1) is 0 Å². The second-order valence-corrected chi connectivity index (χ2v) is 5.81. The largest absolute Gasteiger partial charge is 0.484 e. The lowest BCUT2D eigenvalue weighted by Gasteiger charge is -2.19. The minimum Gasteiger partial charge on any atom is -0.484 e. The average Bonchev–Trinajstić information content (AvgIpc) is 3.23. The molecule has 0 unspecified atom stereocenters. The Kier molecular flexibility index (Phi) is 5.52. The number of aliphatic hydroxyl groups is 1. The number of ether oxygens (including phenoxy) is 3. The summed E-state index contributed by atoms with van der Waals surface area (Å²) in [6.07, 6.45) is 3.11. The van der Waals surface area contributed by atoms with Gasteiger partial charge < -0.3 is 24.6 Å². The molecule has 1 saturated heterocycles. The summed E-state index contributed by atoms with van der Waals surface area (Å²) < 4.78 is 18.3. The number of aryl methyl sites for hydroxylation is 1. The van der Waals surface area contributed by atoms with E-state index in [0.717, 1.165) is 5.56 Å². The highest BCUT2D eigenvalue weighted by Crippen LogP contribution is 2.16. The third-order valence-corrected chi connectivity index (χ3v) is 3.82. The maximum atomic E-state index is 12.1. The van der Waals surface area contributed by atoms with Gasteiger partial charge in [-0.3, -0.25) is 9.48 Å². The summed E-state index contributed by atoms with van der Waals surface area (Å²) in [7, 11) is 1.81. The number of nitrogens with one attached hydrogen (secondary N) is 1. The Hall–Kier alpha value is -2.58. The van der Waals surface area contributed by atoms with Gasteiger partial charge in [0.2, 0.25) is 0 Å². The molecule has 3 rings (SSSR count). The van der Waals surface area contributed by atoms with Gasteiger partial charge in [-0.25, -0.2) is 0 Å². The van der Waals surface area contributed by atoms with Gasteiger partial charge in [-0.2, -0.15) is 5.10 Å². The minimum atomic E-state index is -0.267. The molecule has 134 valence electrons. The van der Waals surface area contributed by atoms with E-state index in [9.17, 15) is 4.79 Å². The third kappa shape index (κ3) is 4.71. The van der Waals surface area contributed by atoms with E-state index in [1.807, 2.05) is 7.05 Å². The van der Waals surface area contributed by atoms with Crippen LogP contribution in [-0.2, 0) is 23.2 Å². The van der Waals surface area contributed by atoms with Crippen molar-refractivity contribution in [3.05, 3.63) is 42.2 Å². The van der Waals surface area contributed by atoms with E-state index in [2.05, 4.69) is 10.4 Å². The summed E-state index contributed by atoms with van der Waals surface area (Å²) >= 11 is 0. The molecule has 8 heteroatoms. The molecule has 1 aromatic heterocycles. The van der Waals surface area contributed by atoms with E-state index in [-0.39, 0.29) is 31.3 Å². The van der Waals surface area contributed by atoms with Crippen molar-refractivity contribution >= 4 is 5.91 Å². The van der Waals surface area contributed by atoms with E-state index in [0.29, 0.717) is 24.7 Å². The molecule has 2 N–H and O–H groups in total. The Morgan fingerprint density at radius 2 is 2.16 bits per heavy atom. The quantitative estimate of drug-likeness (QED) is 0.746. The molecule has 0 spiro atoms. The zero-order valence-electron chi connectivity index (χ0n) is 13.9. The molecule has 0 radical (unpaired) electrons. The van der Waals surface area contributed by atoms with Crippen molar-refractivity contribution in [3.63, 3.8) is 0 Å². The monoisotopic (exact) mass is 347 g/mol. The van der Waals surface area contributed by atoms with Crippen LogP contribution < -0.4 is 14.8 Å². The van der Waals surface area contributed by atoms with Crippen molar-refractivity contribution in [2.75, 3.05) is 19.8 Å². The molecule has 1 amide bonds. The second kappa shape index (κ2) is 8.00. The van der Waals surface area contributed by atoms with E-state index in [1.54, 1.807) is 41.3 Å². The molecule has 0 aliphatic carbocycles. The molecule has 1 aliphatic rings. The molecule has 25 heavy (non-hydrogen) atoms. The van der Waals surface area contributed by atoms with Crippen LogP contribution in [0.25, 0.3) is 0 Å². The molecule has 1 fully saturated rings. The molecule has 1 aromatic carbocycles. The van der Waals surface area contributed by atoms with Crippen molar-refractivity contribution in [1.82, 2.24) is 15.1 Å². The van der Waals surface area contributed by atoms with Gasteiger partial charge in [0.05, 0.1) is 38.3 Å². The number of hydrogen-bond donors (Lipinski definition) is 2. The predicted molar refractivity (Wildman–Crippen MR) is 88.2 cm³/mol. The van der Waals surface area contributed by atoms with Gasteiger partial charge in [0.1, 0.15) is 11.9 Å². The normalized spacial score (nSPS) is 19.6. The number of carbonyl (C=O) groups is 1. The number of aromatic nitrogens is 2. The van der Waals surface area contributed by atoms with Crippen LogP contribution in [0.5, 0.6) is 11.5 Å². The number of hydrogen-bond acceptors (Lipinski definition) is 6. The number of benzene rings is 1. The van der Waals surface area contributed by atoms with E-state index >= 15 is 0 Å². The maximum Gasteiger partial charge on any atom is 0.258 e. The first kappa shape index (κ1) is 17.2. The molecule has 1 aliphatic heterocycles. The fourth-order valence-electron chi connectivity index (χ4n) is 2.51. The maximum absolute atomic E-state index is 12.1. The van der Waals surface area contributed by atoms with Gasteiger partial charge in [0.25, 0.3) is 5.91 Å². The number of nitrogens with zero attached hydrogens (tertiary/aromatic N) is 2. The molecule has 2 aromatic rings. The second-order valence-electron chi connectivity index (χ2n) is 5.81. The summed E-state index contributed by atoms with van der Waals surface area (Å²) in [5, 5.41) is 15.9. The van der Waals surface area contributed by atoms with Crippen LogP contribution in [0.4, 0.5) is 0 Å². The first-order valence-corrected chi connectivity index (χ1v) is 7.99. The summed E-state index contributed by atoms with van der Waals surface area (Å²) in [5.74, 6) is 0.956. The molecule has 2 atom stereocenters. The number of carbonyl (C=O) groups excluding carboxylic acids is 1. The summed E-state index contributed by atoms with van der Waals surface area (Å²) in [6.45, 7) is 0.667. The zero-order chi connectivity index (χ0) is 17.6. The topological polar surface area (TPSA) is 94.8 Å². The first-order chi connectivity index (χ1) is 12.1. The summed E-state index contributed by atoms with van der Waals surface area (Å²) in [4.78, 5) is 12.1. The SMILES string of the molecule is Cn1cc(O[C@@H]2COC[C@@H]2NC(=O)COc2ccc(CO)cc2)cn1. The number of rotatable bonds is 7. The molecule has 0 bridgehead atoms. The lowest BCUT2D eigenvalue weighted by molar-refractivity contribution is -0.124. The van der Waals surface area contributed by atoms with Crippen LogP contribution in [0.2, 0.25) is 0 Å². The van der Waals surface area contributed by atoms with Gasteiger partial charge in [0, 0.05) is 7.05 Å². The van der Waals surface area contributed by atoms with E-state index < -0.39 is 0 Å². The zero-order valence-corrected chi connectivity index (χ0v) is 13.9. The lowest BCUT2D eigenvalue weighted by atomic mass is 10.2. The van der Waals surface area contributed by atoms with Crippen LogP contribution in [0, 0.1) is 0 Å². The highest BCUT2D eigenvalue weighted by molar-refractivity contribution is 5.78. The standard InChI is InChI=1S/C17H21N3O5/c1-20-7-14(6-18-20)25-16-10-23-9-15(16)19-17(22)11-24-13-4-2-12(8-21)3-5-13/h2-7,15-16,21H,8-11H2,1H3,(H,19,22)/t15-,16+/m0/s1. The first-order valence-electron chi connectivity index (χ1n) is 7.99. The van der Waals surface area contributed by atoms with Gasteiger partial charge in [-0.1, -0.05) is 12.1 Å². The Labute approximate surface area is 145 Å². The third-order valence-electron chi connectivity index (χ3n) is 3.82.